The average molecular weight is 259 g/mol. The maximum Gasteiger partial charge on any atom is 0.318 e. The number of nitrogens with zero attached hydrogens (tertiary/aromatic N) is 1. The third-order valence-electron chi connectivity index (χ3n) is 3.13. The lowest BCUT2D eigenvalue weighted by Gasteiger charge is -2.30. The van der Waals surface area contributed by atoms with Crippen LogP contribution in [0.1, 0.15) is 6.92 Å². The highest BCUT2D eigenvalue weighted by Crippen LogP contribution is 2.20. The van der Waals surface area contributed by atoms with Crippen LogP contribution in [0.4, 0.5) is 4.79 Å². The van der Waals surface area contributed by atoms with Gasteiger partial charge in [-0.2, -0.15) is 0 Å². The van der Waals surface area contributed by atoms with Crippen LogP contribution in [0.5, 0.6) is 0 Å². The van der Waals surface area contributed by atoms with Gasteiger partial charge in [0.05, 0.1) is 25.2 Å². The van der Waals surface area contributed by atoms with Crippen LogP contribution in [0.15, 0.2) is 0 Å². The zero-order chi connectivity index (χ0) is 13.9. The Balaban J connectivity index is 2.68. The first kappa shape index (κ1) is 14.4. The lowest BCUT2D eigenvalue weighted by molar-refractivity contribution is -0.144. The number of nitrogens with two attached hydrogens (primary N) is 1. The predicted molar refractivity (Wildman–Crippen MR) is 60.7 cm³/mol. The number of hydrogen-bond donors (Lipinski definition) is 3. The van der Waals surface area contributed by atoms with Gasteiger partial charge in [0.25, 0.3) is 0 Å². The van der Waals surface area contributed by atoms with Crippen molar-refractivity contribution < 1.29 is 24.2 Å². The smallest absolute Gasteiger partial charge is 0.318 e. The van der Waals surface area contributed by atoms with Crippen LogP contribution in [0.3, 0.4) is 0 Å². The molecule has 1 saturated heterocycles. The van der Waals surface area contributed by atoms with E-state index in [9.17, 15) is 14.4 Å². The number of amides is 3. The van der Waals surface area contributed by atoms with E-state index in [1.54, 1.807) is 18.9 Å². The first-order chi connectivity index (χ1) is 8.34. The van der Waals surface area contributed by atoms with Crippen LogP contribution in [0, 0.1) is 5.92 Å². The minimum atomic E-state index is -0.966. The Morgan fingerprint density at radius 2 is 2.06 bits per heavy atom. The third kappa shape index (κ3) is 3.17. The summed E-state index contributed by atoms with van der Waals surface area (Å²) >= 11 is 0. The fraction of sp³-hybridized carbons (Fsp3) is 0.700. The molecule has 1 aliphatic heterocycles. The molecule has 18 heavy (non-hydrogen) atoms. The second-order valence-corrected chi connectivity index (χ2v) is 4.24. The number of likely N-dealkylation sites (N-methyl/N-ethyl adjacent to an activating group) is 1. The van der Waals surface area contributed by atoms with Crippen molar-refractivity contribution in [2.24, 2.45) is 11.7 Å². The summed E-state index contributed by atoms with van der Waals surface area (Å²) in [5.74, 6) is -2.22. The minimum absolute atomic E-state index is 0.120. The molecule has 102 valence electrons. The summed E-state index contributed by atoms with van der Waals surface area (Å²) in [5, 5.41) is 11.0. The van der Waals surface area contributed by atoms with Crippen molar-refractivity contribution in [3.05, 3.63) is 0 Å². The molecule has 4 N–H and O–H groups in total. The molecule has 0 saturated carbocycles. The van der Waals surface area contributed by atoms with Gasteiger partial charge in [0, 0.05) is 6.04 Å². The summed E-state index contributed by atoms with van der Waals surface area (Å²) in [4.78, 5) is 34.7. The maximum absolute atomic E-state index is 11.6. The number of imide groups is 1. The molecule has 0 aromatic rings. The van der Waals surface area contributed by atoms with Gasteiger partial charge in [0.15, 0.2) is 0 Å². The Hall–Kier alpha value is -1.67. The molecule has 0 aromatic carbocycles. The van der Waals surface area contributed by atoms with E-state index < -0.39 is 35.9 Å². The summed E-state index contributed by atoms with van der Waals surface area (Å²) in [6.45, 7) is 1.92. The highest BCUT2D eigenvalue weighted by atomic mass is 16.5. The Labute approximate surface area is 104 Å². The standard InChI is InChI=1S/C10H17N3O5/c1-5(8(14)12-10(11)17)13(2)7-4-18-3-6(7)9(15)16/h5-7H,3-4H2,1-2H3,(H,15,16)(H3,11,12,14,17). The number of ether oxygens (including phenoxy) is 1. The van der Waals surface area contributed by atoms with Crippen LogP contribution < -0.4 is 11.1 Å². The van der Waals surface area contributed by atoms with Crippen molar-refractivity contribution in [3.63, 3.8) is 0 Å². The number of carboxylic acids is 1. The van der Waals surface area contributed by atoms with Crippen molar-refractivity contribution in [1.29, 1.82) is 0 Å². The average Bonchev–Trinajstić information content (AvgIpc) is 2.74. The quantitative estimate of drug-likeness (QED) is 0.571. The second-order valence-electron chi connectivity index (χ2n) is 4.24. The number of carboxylic acid groups (broad SMARTS) is 1. The molecule has 3 amide bonds. The highest BCUT2D eigenvalue weighted by molar-refractivity contribution is 5.96. The van der Waals surface area contributed by atoms with Gasteiger partial charge in [-0.3, -0.25) is 19.8 Å². The van der Waals surface area contributed by atoms with Gasteiger partial charge in [-0.15, -0.1) is 0 Å². The summed E-state index contributed by atoms with van der Waals surface area (Å²) in [6, 6.07) is -2.01. The van der Waals surface area contributed by atoms with Crippen molar-refractivity contribution in [1.82, 2.24) is 10.2 Å². The van der Waals surface area contributed by atoms with Crippen LogP contribution >= 0.6 is 0 Å². The van der Waals surface area contributed by atoms with E-state index in [4.69, 9.17) is 15.6 Å². The van der Waals surface area contributed by atoms with Gasteiger partial charge >= 0.3 is 12.0 Å². The largest absolute Gasteiger partial charge is 0.481 e. The lowest BCUT2D eigenvalue weighted by atomic mass is 10.0. The number of nitrogens with one attached hydrogen (secondary N) is 1. The molecule has 0 aromatic heterocycles. The molecule has 0 bridgehead atoms. The molecule has 8 nitrogen and oxygen atoms in total. The molecule has 1 rings (SSSR count). The fourth-order valence-corrected chi connectivity index (χ4v) is 1.88. The van der Waals surface area contributed by atoms with Crippen molar-refractivity contribution >= 4 is 17.9 Å². The molecule has 1 aliphatic rings. The maximum atomic E-state index is 11.6. The van der Waals surface area contributed by atoms with Crippen LogP contribution in [-0.2, 0) is 14.3 Å². The van der Waals surface area contributed by atoms with Gasteiger partial charge in [0.2, 0.25) is 5.91 Å². The zero-order valence-electron chi connectivity index (χ0n) is 10.3. The Kier molecular flexibility index (Phi) is 4.62. The fourth-order valence-electron chi connectivity index (χ4n) is 1.88. The Morgan fingerprint density at radius 3 is 2.56 bits per heavy atom. The molecular formula is C10H17N3O5. The second kappa shape index (κ2) is 5.78. The first-order valence-electron chi connectivity index (χ1n) is 5.47. The van der Waals surface area contributed by atoms with E-state index in [0.717, 1.165) is 0 Å². The summed E-state index contributed by atoms with van der Waals surface area (Å²) in [7, 11) is 1.61. The molecule has 0 radical (unpaired) electrons. The Bertz CT molecular complexity index is 359. The summed E-state index contributed by atoms with van der Waals surface area (Å²) < 4.78 is 5.12. The first-order valence-corrected chi connectivity index (χ1v) is 5.47. The van der Waals surface area contributed by atoms with E-state index in [0.29, 0.717) is 0 Å². The van der Waals surface area contributed by atoms with E-state index in [-0.39, 0.29) is 13.2 Å². The SMILES string of the molecule is CC(C(=O)NC(N)=O)N(C)C1COCC1C(=O)O. The van der Waals surface area contributed by atoms with E-state index >= 15 is 0 Å². The van der Waals surface area contributed by atoms with Crippen molar-refractivity contribution in [3.8, 4) is 0 Å². The number of urea groups is 1. The molecule has 0 aliphatic carbocycles. The van der Waals surface area contributed by atoms with Gasteiger partial charge in [-0.05, 0) is 14.0 Å². The third-order valence-corrected chi connectivity index (χ3v) is 3.13. The van der Waals surface area contributed by atoms with Gasteiger partial charge in [-0.1, -0.05) is 0 Å². The monoisotopic (exact) mass is 259 g/mol. The van der Waals surface area contributed by atoms with Crippen LogP contribution in [-0.4, -0.2) is 60.3 Å². The Morgan fingerprint density at radius 1 is 1.44 bits per heavy atom. The lowest BCUT2D eigenvalue weighted by Crippen LogP contribution is -2.52. The van der Waals surface area contributed by atoms with Gasteiger partial charge in [-0.25, -0.2) is 4.79 Å². The van der Waals surface area contributed by atoms with E-state index in [1.165, 1.54) is 0 Å². The molecular weight excluding hydrogens is 242 g/mol. The minimum Gasteiger partial charge on any atom is -0.481 e. The summed E-state index contributed by atoms with van der Waals surface area (Å²) in [6.07, 6.45) is 0. The summed E-state index contributed by atoms with van der Waals surface area (Å²) in [5.41, 5.74) is 4.85. The zero-order valence-corrected chi connectivity index (χ0v) is 10.3. The normalized spacial score (nSPS) is 24.8. The molecule has 8 heteroatoms. The molecule has 1 heterocycles. The molecule has 1 fully saturated rings. The van der Waals surface area contributed by atoms with Crippen LogP contribution in [0.2, 0.25) is 0 Å². The topological polar surface area (TPSA) is 122 Å². The number of rotatable bonds is 4. The highest BCUT2D eigenvalue weighted by Gasteiger charge is 2.39. The number of hydrogen-bond acceptors (Lipinski definition) is 5. The van der Waals surface area contributed by atoms with Crippen molar-refractivity contribution in [2.45, 2.75) is 19.0 Å². The number of carbonyl (C=O) groups is 3. The molecule has 3 atom stereocenters. The van der Waals surface area contributed by atoms with E-state index in [1.807, 2.05) is 5.32 Å². The predicted octanol–water partition coefficient (Wildman–Crippen LogP) is -1.40. The van der Waals surface area contributed by atoms with Gasteiger partial charge < -0.3 is 15.6 Å². The number of carbonyl (C=O) groups excluding carboxylic acids is 2. The number of aliphatic carboxylic acids is 1. The molecule has 0 spiro atoms. The van der Waals surface area contributed by atoms with Crippen LogP contribution in [0.25, 0.3) is 0 Å². The van der Waals surface area contributed by atoms with Crippen molar-refractivity contribution in [2.75, 3.05) is 20.3 Å². The van der Waals surface area contributed by atoms with Gasteiger partial charge in [0.1, 0.15) is 0 Å². The van der Waals surface area contributed by atoms with E-state index in [2.05, 4.69) is 0 Å². The molecule has 3 unspecified atom stereocenters. The number of primary amides is 1.